The Morgan fingerprint density at radius 1 is 1.06 bits per heavy atom. The summed E-state index contributed by atoms with van der Waals surface area (Å²) in [5, 5.41) is 5.07. The predicted molar refractivity (Wildman–Crippen MR) is 124 cm³/mol. The number of hydrogen-bond donors (Lipinski definition) is 1. The van der Waals surface area contributed by atoms with Crippen LogP contribution in [0.3, 0.4) is 0 Å². The summed E-state index contributed by atoms with van der Waals surface area (Å²) in [7, 11) is 2.15. The zero-order valence-corrected chi connectivity index (χ0v) is 18.0. The summed E-state index contributed by atoms with van der Waals surface area (Å²) in [6.07, 6.45) is 2.17. The van der Waals surface area contributed by atoms with Gasteiger partial charge in [-0.2, -0.15) is 0 Å². The van der Waals surface area contributed by atoms with E-state index in [9.17, 15) is 4.79 Å². The molecule has 0 spiro atoms. The minimum absolute atomic E-state index is 0.0683. The van der Waals surface area contributed by atoms with Crippen LogP contribution < -0.4 is 10.1 Å². The Labute approximate surface area is 184 Å². The third-order valence-corrected chi connectivity index (χ3v) is 5.91. The van der Waals surface area contributed by atoms with Gasteiger partial charge in [-0.15, -0.1) is 0 Å². The summed E-state index contributed by atoms with van der Waals surface area (Å²) in [6, 6.07) is 22.3. The first-order chi connectivity index (χ1) is 15.2. The third-order valence-electron chi connectivity index (χ3n) is 5.91. The van der Waals surface area contributed by atoms with Gasteiger partial charge in [0, 0.05) is 37.9 Å². The van der Waals surface area contributed by atoms with Crippen LogP contribution in [0.2, 0.25) is 0 Å². The second kappa shape index (κ2) is 10.4. The lowest BCUT2D eigenvalue weighted by atomic mass is 10.0. The molecule has 0 bridgehead atoms. The molecule has 1 aliphatic rings. The molecule has 0 atom stereocenters. The van der Waals surface area contributed by atoms with Gasteiger partial charge < -0.3 is 14.8 Å². The van der Waals surface area contributed by atoms with Crippen LogP contribution in [0.1, 0.15) is 28.8 Å². The Bertz CT molecular complexity index is 1010. The van der Waals surface area contributed by atoms with Gasteiger partial charge in [0.25, 0.3) is 5.91 Å². The van der Waals surface area contributed by atoms with Crippen LogP contribution in [0.15, 0.2) is 66.7 Å². The molecular formula is C26H30N2O3. The number of nitrogens with zero attached hydrogens (tertiary/aromatic N) is 1. The number of amides is 1. The van der Waals surface area contributed by atoms with Crippen molar-refractivity contribution in [1.29, 1.82) is 0 Å². The van der Waals surface area contributed by atoms with Crippen molar-refractivity contribution in [3.63, 3.8) is 0 Å². The number of carbonyl (C=O) groups is 1. The molecule has 162 valence electrons. The first kappa shape index (κ1) is 21.3. The van der Waals surface area contributed by atoms with Gasteiger partial charge in [0.15, 0.2) is 0 Å². The number of benzene rings is 3. The standard InChI is InChI=1S/C26H30N2O3/c1-28(22-12-15-30-16-13-22)14-17-31-23-9-4-6-20(18-23)19-27-26(29)25-11-5-8-21-7-2-3-10-24(21)25/h2-11,18,22H,12-17,19H2,1H3,(H,27,29). The van der Waals surface area contributed by atoms with E-state index in [1.165, 1.54) is 0 Å². The highest BCUT2D eigenvalue weighted by molar-refractivity contribution is 6.06. The second-order valence-electron chi connectivity index (χ2n) is 8.03. The fraction of sp³-hybridized carbons (Fsp3) is 0.346. The highest BCUT2D eigenvalue weighted by Gasteiger charge is 2.18. The Morgan fingerprint density at radius 3 is 2.71 bits per heavy atom. The topological polar surface area (TPSA) is 50.8 Å². The average Bonchev–Trinajstić information content (AvgIpc) is 2.83. The molecule has 3 aromatic rings. The highest BCUT2D eigenvalue weighted by Crippen LogP contribution is 2.19. The summed E-state index contributed by atoms with van der Waals surface area (Å²) < 4.78 is 11.4. The van der Waals surface area contributed by atoms with Gasteiger partial charge in [-0.1, -0.05) is 48.5 Å². The quantitative estimate of drug-likeness (QED) is 0.594. The van der Waals surface area contributed by atoms with Gasteiger partial charge in [0.05, 0.1) is 0 Å². The maximum absolute atomic E-state index is 12.8. The van der Waals surface area contributed by atoms with Crippen LogP contribution in [0, 0.1) is 0 Å². The number of nitrogens with one attached hydrogen (secondary N) is 1. The van der Waals surface area contributed by atoms with Gasteiger partial charge in [-0.25, -0.2) is 0 Å². The van der Waals surface area contributed by atoms with Gasteiger partial charge >= 0.3 is 0 Å². The first-order valence-electron chi connectivity index (χ1n) is 11.0. The fourth-order valence-corrected chi connectivity index (χ4v) is 4.06. The first-order valence-corrected chi connectivity index (χ1v) is 11.0. The normalized spacial score (nSPS) is 14.6. The molecule has 1 fully saturated rings. The lowest BCUT2D eigenvalue weighted by Gasteiger charge is -2.31. The number of ether oxygens (including phenoxy) is 2. The van der Waals surface area contributed by atoms with Crippen molar-refractivity contribution >= 4 is 16.7 Å². The number of rotatable bonds is 8. The van der Waals surface area contributed by atoms with Crippen molar-refractivity contribution < 1.29 is 14.3 Å². The summed E-state index contributed by atoms with van der Waals surface area (Å²) in [6.45, 7) is 3.68. The van der Waals surface area contributed by atoms with Crippen molar-refractivity contribution in [2.75, 3.05) is 33.4 Å². The summed E-state index contributed by atoms with van der Waals surface area (Å²) in [5.74, 6) is 0.762. The molecule has 3 aromatic carbocycles. The number of hydrogen-bond acceptors (Lipinski definition) is 4. The van der Waals surface area contributed by atoms with E-state index in [1.807, 2.05) is 66.7 Å². The molecule has 1 aliphatic heterocycles. The van der Waals surface area contributed by atoms with Crippen molar-refractivity contribution in [3.05, 3.63) is 77.9 Å². The van der Waals surface area contributed by atoms with Gasteiger partial charge in [0.2, 0.25) is 0 Å². The molecule has 5 nitrogen and oxygen atoms in total. The average molecular weight is 419 g/mol. The maximum Gasteiger partial charge on any atom is 0.252 e. The minimum atomic E-state index is -0.0683. The van der Waals surface area contributed by atoms with E-state index in [2.05, 4.69) is 17.3 Å². The largest absolute Gasteiger partial charge is 0.492 e. The van der Waals surface area contributed by atoms with E-state index in [-0.39, 0.29) is 5.91 Å². The Morgan fingerprint density at radius 2 is 1.84 bits per heavy atom. The molecule has 0 aromatic heterocycles. The smallest absolute Gasteiger partial charge is 0.252 e. The van der Waals surface area contributed by atoms with E-state index in [0.29, 0.717) is 24.8 Å². The minimum Gasteiger partial charge on any atom is -0.492 e. The van der Waals surface area contributed by atoms with E-state index in [1.54, 1.807) is 0 Å². The Balaban J connectivity index is 1.29. The molecule has 0 aliphatic carbocycles. The van der Waals surface area contributed by atoms with Crippen molar-refractivity contribution in [1.82, 2.24) is 10.2 Å². The van der Waals surface area contributed by atoms with E-state index in [0.717, 1.165) is 54.7 Å². The maximum atomic E-state index is 12.8. The van der Waals surface area contributed by atoms with Crippen molar-refractivity contribution in [2.24, 2.45) is 0 Å². The molecular weight excluding hydrogens is 388 g/mol. The summed E-state index contributed by atoms with van der Waals surface area (Å²) >= 11 is 0. The van der Waals surface area contributed by atoms with E-state index < -0.39 is 0 Å². The molecule has 0 radical (unpaired) electrons. The van der Waals surface area contributed by atoms with Crippen LogP contribution in [0.25, 0.3) is 10.8 Å². The second-order valence-corrected chi connectivity index (χ2v) is 8.03. The molecule has 1 amide bonds. The van der Waals surface area contributed by atoms with Gasteiger partial charge in [-0.05, 0) is 54.4 Å². The summed E-state index contributed by atoms with van der Waals surface area (Å²) in [5.41, 5.74) is 1.71. The fourth-order valence-electron chi connectivity index (χ4n) is 4.06. The van der Waals surface area contributed by atoms with Crippen LogP contribution in [-0.2, 0) is 11.3 Å². The lowest BCUT2D eigenvalue weighted by Crippen LogP contribution is -2.38. The van der Waals surface area contributed by atoms with Crippen molar-refractivity contribution in [3.8, 4) is 5.75 Å². The predicted octanol–water partition coefficient (Wildman–Crippen LogP) is 4.26. The molecule has 5 heteroatoms. The molecule has 1 N–H and O–H groups in total. The van der Waals surface area contributed by atoms with Crippen LogP contribution in [-0.4, -0.2) is 50.3 Å². The molecule has 1 saturated heterocycles. The highest BCUT2D eigenvalue weighted by atomic mass is 16.5. The van der Waals surface area contributed by atoms with E-state index in [4.69, 9.17) is 9.47 Å². The molecule has 1 heterocycles. The Hall–Kier alpha value is -2.89. The third kappa shape index (κ3) is 5.63. The zero-order chi connectivity index (χ0) is 21.5. The number of likely N-dealkylation sites (N-methyl/N-ethyl adjacent to an activating group) is 1. The molecule has 0 unspecified atom stereocenters. The monoisotopic (exact) mass is 418 g/mol. The molecule has 4 rings (SSSR count). The molecule has 0 saturated carbocycles. The van der Waals surface area contributed by atoms with Gasteiger partial charge in [-0.3, -0.25) is 9.69 Å². The van der Waals surface area contributed by atoms with Crippen LogP contribution >= 0.6 is 0 Å². The lowest BCUT2D eigenvalue weighted by molar-refractivity contribution is 0.0392. The van der Waals surface area contributed by atoms with Crippen LogP contribution in [0.4, 0.5) is 0 Å². The Kier molecular flexibility index (Phi) is 7.18. The number of fused-ring (bicyclic) bond motifs is 1. The molecule has 31 heavy (non-hydrogen) atoms. The summed E-state index contributed by atoms with van der Waals surface area (Å²) in [4.78, 5) is 15.1. The SMILES string of the molecule is CN(CCOc1cccc(CNC(=O)c2cccc3ccccc23)c1)C1CCOCC1. The zero-order valence-electron chi connectivity index (χ0n) is 18.0. The van der Waals surface area contributed by atoms with E-state index >= 15 is 0 Å². The van der Waals surface area contributed by atoms with Crippen LogP contribution in [0.5, 0.6) is 5.75 Å². The number of carbonyl (C=O) groups excluding carboxylic acids is 1. The van der Waals surface area contributed by atoms with Gasteiger partial charge in [0.1, 0.15) is 12.4 Å². The van der Waals surface area contributed by atoms with Crippen molar-refractivity contribution in [2.45, 2.75) is 25.4 Å².